The minimum Gasteiger partial charge on any atom is -0.497 e. The van der Waals surface area contributed by atoms with Crippen molar-refractivity contribution in [1.82, 2.24) is 0 Å². The fourth-order valence-electron chi connectivity index (χ4n) is 5.32. The second-order valence-electron chi connectivity index (χ2n) is 8.39. The highest BCUT2D eigenvalue weighted by Crippen LogP contribution is 2.62. The first-order valence-electron chi connectivity index (χ1n) is 9.77. The van der Waals surface area contributed by atoms with Crippen LogP contribution in [0, 0.1) is 18.3 Å². The first kappa shape index (κ1) is 20.4. The fraction of sp³-hybridized carbons (Fsp3) is 0.565. The fourth-order valence-corrected chi connectivity index (χ4v) is 5.32. The van der Waals surface area contributed by atoms with Crippen molar-refractivity contribution in [1.29, 1.82) is 0 Å². The van der Waals surface area contributed by atoms with Gasteiger partial charge in [-0.1, -0.05) is 18.6 Å². The van der Waals surface area contributed by atoms with Crippen molar-refractivity contribution in [2.45, 2.75) is 66.1 Å². The van der Waals surface area contributed by atoms with E-state index in [2.05, 4.69) is 32.9 Å². The number of ether oxygens (including phenoxy) is 3. The monoisotopic (exact) mass is 386 g/mol. The van der Waals surface area contributed by atoms with Crippen LogP contribution in [0.3, 0.4) is 0 Å². The number of aryl methyl sites for hydroxylation is 1. The standard InChI is InChI=1S/C23H30O5/c1-12-8-17(10-18(9-12)26-7)20-11-19-21(27-15(4)24)13(2)14(3)23(20,6)22(19)28-16(5)25/h8-10,19-22H,11H2,1-7H3. The van der Waals surface area contributed by atoms with Crippen LogP contribution in [0.25, 0.3) is 0 Å². The van der Waals surface area contributed by atoms with E-state index >= 15 is 0 Å². The molecule has 5 heteroatoms. The number of carbonyl (C=O) groups is 2. The van der Waals surface area contributed by atoms with Crippen molar-refractivity contribution in [3.8, 4) is 5.75 Å². The Morgan fingerprint density at radius 1 is 1.04 bits per heavy atom. The summed E-state index contributed by atoms with van der Waals surface area (Å²) in [5.41, 5.74) is 4.11. The number of hydrogen-bond acceptors (Lipinski definition) is 5. The molecule has 1 aromatic carbocycles. The molecule has 0 saturated heterocycles. The Hall–Kier alpha value is -2.30. The van der Waals surface area contributed by atoms with Crippen molar-refractivity contribution < 1.29 is 23.8 Å². The van der Waals surface area contributed by atoms with Crippen LogP contribution in [-0.4, -0.2) is 31.3 Å². The number of hydrogen-bond donors (Lipinski definition) is 0. The lowest BCUT2D eigenvalue weighted by atomic mass is 9.65. The third-order valence-corrected chi connectivity index (χ3v) is 6.72. The second kappa shape index (κ2) is 7.26. The lowest BCUT2D eigenvalue weighted by molar-refractivity contribution is -0.161. The molecule has 3 rings (SSSR count). The lowest BCUT2D eigenvalue weighted by Crippen LogP contribution is -2.47. The Balaban J connectivity index is 2.15. The minimum absolute atomic E-state index is 0.0713. The van der Waals surface area contributed by atoms with Crippen molar-refractivity contribution >= 4 is 11.9 Å². The van der Waals surface area contributed by atoms with Gasteiger partial charge in [0.15, 0.2) is 0 Å². The molecule has 1 saturated carbocycles. The van der Waals surface area contributed by atoms with Crippen molar-refractivity contribution in [2.75, 3.05) is 7.11 Å². The van der Waals surface area contributed by atoms with Crippen LogP contribution in [-0.2, 0) is 19.1 Å². The lowest BCUT2D eigenvalue weighted by Gasteiger charge is -2.44. The van der Waals surface area contributed by atoms with Crippen LogP contribution in [0.15, 0.2) is 29.3 Å². The molecule has 2 aliphatic rings. The van der Waals surface area contributed by atoms with Gasteiger partial charge in [-0.05, 0) is 61.9 Å². The summed E-state index contributed by atoms with van der Waals surface area (Å²) in [5, 5.41) is 0. The number of methoxy groups -OCH3 is 1. The van der Waals surface area contributed by atoms with Crippen LogP contribution in [0.1, 0.15) is 58.1 Å². The highest BCUT2D eigenvalue weighted by molar-refractivity contribution is 5.68. The molecule has 0 heterocycles. The normalized spacial score (nSPS) is 31.5. The van der Waals surface area contributed by atoms with Crippen LogP contribution in [0.2, 0.25) is 0 Å². The van der Waals surface area contributed by atoms with E-state index in [1.165, 1.54) is 13.8 Å². The Bertz CT molecular complexity index is 839. The van der Waals surface area contributed by atoms with E-state index in [0.717, 1.165) is 34.4 Å². The largest absolute Gasteiger partial charge is 0.497 e. The molecule has 5 nitrogen and oxygen atoms in total. The molecule has 2 bridgehead atoms. The van der Waals surface area contributed by atoms with Gasteiger partial charge in [0.25, 0.3) is 0 Å². The summed E-state index contributed by atoms with van der Waals surface area (Å²) in [5.74, 6) is 0.253. The van der Waals surface area contributed by atoms with E-state index in [9.17, 15) is 9.59 Å². The average molecular weight is 386 g/mol. The second-order valence-corrected chi connectivity index (χ2v) is 8.39. The molecule has 0 amide bonds. The third kappa shape index (κ3) is 3.21. The maximum atomic E-state index is 11.9. The zero-order valence-corrected chi connectivity index (χ0v) is 17.8. The van der Waals surface area contributed by atoms with Gasteiger partial charge in [-0.3, -0.25) is 9.59 Å². The Morgan fingerprint density at radius 3 is 2.25 bits per heavy atom. The third-order valence-electron chi connectivity index (χ3n) is 6.72. The number of benzene rings is 1. The molecular formula is C23H30O5. The van der Waals surface area contributed by atoms with E-state index in [4.69, 9.17) is 14.2 Å². The Labute approximate surface area is 167 Å². The van der Waals surface area contributed by atoms with E-state index in [1.807, 2.05) is 13.0 Å². The number of rotatable bonds is 4. The minimum atomic E-state index is -0.369. The summed E-state index contributed by atoms with van der Waals surface area (Å²) < 4.78 is 17.0. The van der Waals surface area contributed by atoms with Crippen LogP contribution in [0.5, 0.6) is 5.75 Å². The SMILES string of the molecule is COc1cc(C)cc(C2CC3C(OC(C)=O)C(C)=C(C)C2(C)C3OC(C)=O)c1. The molecule has 0 aliphatic heterocycles. The van der Waals surface area contributed by atoms with Gasteiger partial charge in [-0.25, -0.2) is 0 Å². The van der Waals surface area contributed by atoms with Crippen molar-refractivity contribution in [3.63, 3.8) is 0 Å². The van der Waals surface area contributed by atoms with E-state index < -0.39 is 0 Å². The smallest absolute Gasteiger partial charge is 0.303 e. The number of fused-ring (bicyclic) bond motifs is 2. The van der Waals surface area contributed by atoms with Crippen LogP contribution < -0.4 is 4.74 Å². The highest BCUT2D eigenvalue weighted by atomic mass is 16.6. The summed E-state index contributed by atoms with van der Waals surface area (Å²) in [6.07, 6.45) is 0.0643. The van der Waals surface area contributed by atoms with Crippen LogP contribution >= 0.6 is 0 Å². The van der Waals surface area contributed by atoms with E-state index in [0.29, 0.717) is 0 Å². The zero-order chi connectivity index (χ0) is 20.8. The molecule has 1 aromatic rings. The summed E-state index contributed by atoms with van der Waals surface area (Å²) in [6, 6.07) is 6.25. The maximum Gasteiger partial charge on any atom is 0.303 e. The van der Waals surface area contributed by atoms with Gasteiger partial charge < -0.3 is 14.2 Å². The van der Waals surface area contributed by atoms with Gasteiger partial charge in [-0.15, -0.1) is 0 Å². The number of carbonyl (C=O) groups excluding carboxylic acids is 2. The molecule has 2 aliphatic carbocycles. The van der Waals surface area contributed by atoms with Crippen molar-refractivity contribution in [3.05, 3.63) is 40.5 Å². The van der Waals surface area contributed by atoms with Gasteiger partial charge in [-0.2, -0.15) is 0 Å². The molecular weight excluding hydrogens is 356 g/mol. The van der Waals surface area contributed by atoms with Gasteiger partial charge in [0, 0.05) is 25.2 Å². The van der Waals surface area contributed by atoms with Gasteiger partial charge in [0.2, 0.25) is 0 Å². The Morgan fingerprint density at radius 2 is 1.68 bits per heavy atom. The molecule has 5 unspecified atom stereocenters. The summed E-state index contributed by atoms with van der Waals surface area (Å²) in [7, 11) is 1.67. The summed E-state index contributed by atoms with van der Waals surface area (Å²) in [6.45, 7) is 11.2. The molecule has 5 atom stereocenters. The van der Waals surface area contributed by atoms with Crippen LogP contribution in [0.4, 0.5) is 0 Å². The molecule has 0 radical (unpaired) electrons. The van der Waals surface area contributed by atoms with E-state index in [-0.39, 0.29) is 41.4 Å². The molecule has 0 N–H and O–H groups in total. The topological polar surface area (TPSA) is 61.8 Å². The molecule has 1 fully saturated rings. The maximum absolute atomic E-state index is 11.9. The molecule has 152 valence electrons. The first-order chi connectivity index (χ1) is 13.1. The predicted molar refractivity (Wildman–Crippen MR) is 106 cm³/mol. The van der Waals surface area contributed by atoms with Gasteiger partial charge >= 0.3 is 11.9 Å². The highest BCUT2D eigenvalue weighted by Gasteiger charge is 2.61. The first-order valence-corrected chi connectivity index (χ1v) is 9.77. The van der Waals surface area contributed by atoms with Crippen molar-refractivity contribution in [2.24, 2.45) is 11.3 Å². The molecule has 0 spiro atoms. The Kier molecular flexibility index (Phi) is 5.30. The molecule has 0 aromatic heterocycles. The zero-order valence-electron chi connectivity index (χ0n) is 17.8. The van der Waals surface area contributed by atoms with Gasteiger partial charge in [0.05, 0.1) is 7.11 Å². The number of esters is 2. The van der Waals surface area contributed by atoms with Gasteiger partial charge in [0.1, 0.15) is 18.0 Å². The predicted octanol–water partition coefficient (Wildman–Crippen LogP) is 4.33. The quantitative estimate of drug-likeness (QED) is 0.569. The summed E-state index contributed by atoms with van der Waals surface area (Å²) in [4.78, 5) is 23.7. The summed E-state index contributed by atoms with van der Waals surface area (Å²) >= 11 is 0. The average Bonchev–Trinajstić information content (AvgIpc) is 2.86. The molecule has 28 heavy (non-hydrogen) atoms. The van der Waals surface area contributed by atoms with E-state index in [1.54, 1.807) is 7.11 Å².